The average Bonchev–Trinajstić information content (AvgIpc) is 2.83. The summed E-state index contributed by atoms with van der Waals surface area (Å²) >= 11 is 0. The normalized spacial score (nSPS) is 18.9. The molecule has 1 aliphatic carbocycles. The molecule has 1 aromatic rings. The van der Waals surface area contributed by atoms with E-state index in [1.54, 1.807) is 6.07 Å². The third-order valence-corrected chi connectivity index (χ3v) is 3.19. The Balaban J connectivity index is 2.47. The summed E-state index contributed by atoms with van der Waals surface area (Å²) in [6.07, 6.45) is 1.96. The van der Waals surface area contributed by atoms with Crippen molar-refractivity contribution in [1.29, 1.82) is 0 Å². The molecule has 0 heterocycles. The predicted octanol–water partition coefficient (Wildman–Crippen LogP) is 2.64. The maximum absolute atomic E-state index is 9.80. The minimum atomic E-state index is -0.259. The second kappa shape index (κ2) is 2.99. The van der Waals surface area contributed by atoms with E-state index < -0.39 is 0 Å². The van der Waals surface area contributed by atoms with Gasteiger partial charge in [-0.15, -0.1) is 0 Å². The smallest absolute Gasteiger partial charge is 0.120 e. The lowest BCUT2D eigenvalue weighted by molar-refractivity contribution is 0.458. The molecule has 2 heteroatoms. The van der Waals surface area contributed by atoms with Crippen molar-refractivity contribution < 1.29 is 5.11 Å². The predicted molar refractivity (Wildman–Crippen MR) is 61.9 cm³/mol. The molecular weight excluding hydrogens is 186 g/mol. The van der Waals surface area contributed by atoms with Gasteiger partial charge >= 0.3 is 0 Å². The summed E-state index contributed by atoms with van der Waals surface area (Å²) in [6, 6.07) is 5.80. The van der Waals surface area contributed by atoms with E-state index >= 15 is 0 Å². The molecule has 0 spiro atoms. The molecule has 1 aliphatic rings. The third-order valence-electron chi connectivity index (χ3n) is 3.19. The Hall–Kier alpha value is -1.02. The number of phenolic OH excluding ortho intramolecular Hbond substituents is 1. The lowest BCUT2D eigenvalue weighted by Crippen LogP contribution is -2.20. The zero-order valence-corrected chi connectivity index (χ0v) is 9.67. The lowest BCUT2D eigenvalue weighted by Gasteiger charge is -2.22. The van der Waals surface area contributed by atoms with Gasteiger partial charge in [-0.2, -0.15) is 0 Å². The molecule has 0 saturated heterocycles. The van der Waals surface area contributed by atoms with Gasteiger partial charge in [-0.25, -0.2) is 0 Å². The molecule has 0 aliphatic heterocycles. The highest BCUT2D eigenvalue weighted by Crippen LogP contribution is 2.47. The standard InChI is InChI=1S/C13H19NO/c1-12(2,3)9-4-5-11(15)10(8-9)13(14)6-7-13/h4-5,8,15H,6-7,14H2,1-3H3. The van der Waals surface area contributed by atoms with Crippen LogP contribution in [0.5, 0.6) is 5.75 Å². The van der Waals surface area contributed by atoms with Crippen molar-refractivity contribution in [2.24, 2.45) is 5.73 Å². The van der Waals surface area contributed by atoms with E-state index in [4.69, 9.17) is 5.73 Å². The van der Waals surface area contributed by atoms with E-state index in [0.717, 1.165) is 18.4 Å². The number of hydrogen-bond donors (Lipinski definition) is 2. The van der Waals surface area contributed by atoms with Crippen LogP contribution in [0.1, 0.15) is 44.7 Å². The van der Waals surface area contributed by atoms with Crippen LogP contribution in [-0.2, 0) is 11.0 Å². The van der Waals surface area contributed by atoms with E-state index in [9.17, 15) is 5.11 Å². The molecule has 0 bridgehead atoms. The SMILES string of the molecule is CC(C)(C)c1ccc(O)c(C2(N)CC2)c1. The number of benzene rings is 1. The first-order valence-corrected chi connectivity index (χ1v) is 5.46. The van der Waals surface area contributed by atoms with Crippen molar-refractivity contribution in [1.82, 2.24) is 0 Å². The Morgan fingerprint density at radius 2 is 1.87 bits per heavy atom. The fourth-order valence-electron chi connectivity index (χ4n) is 1.81. The van der Waals surface area contributed by atoms with Crippen LogP contribution in [0.2, 0.25) is 0 Å². The van der Waals surface area contributed by atoms with Gasteiger partial charge < -0.3 is 10.8 Å². The quantitative estimate of drug-likeness (QED) is 0.740. The number of phenols is 1. The minimum Gasteiger partial charge on any atom is -0.508 e. The van der Waals surface area contributed by atoms with Crippen LogP contribution in [0.3, 0.4) is 0 Å². The van der Waals surface area contributed by atoms with E-state index in [2.05, 4.69) is 26.8 Å². The molecule has 1 fully saturated rings. The fraction of sp³-hybridized carbons (Fsp3) is 0.538. The van der Waals surface area contributed by atoms with Crippen molar-refractivity contribution in [2.45, 2.75) is 44.6 Å². The van der Waals surface area contributed by atoms with Gasteiger partial charge in [0.05, 0.1) is 0 Å². The molecule has 0 aromatic heterocycles. The molecule has 15 heavy (non-hydrogen) atoms. The van der Waals surface area contributed by atoms with E-state index in [-0.39, 0.29) is 11.0 Å². The summed E-state index contributed by atoms with van der Waals surface area (Å²) in [6.45, 7) is 6.50. The van der Waals surface area contributed by atoms with Gasteiger partial charge in [0.1, 0.15) is 5.75 Å². The zero-order valence-electron chi connectivity index (χ0n) is 9.67. The monoisotopic (exact) mass is 205 g/mol. The van der Waals surface area contributed by atoms with Gasteiger partial charge in [0, 0.05) is 11.1 Å². The number of aromatic hydroxyl groups is 1. The molecular formula is C13H19NO. The van der Waals surface area contributed by atoms with Crippen molar-refractivity contribution in [3.63, 3.8) is 0 Å². The van der Waals surface area contributed by atoms with Gasteiger partial charge in [0.15, 0.2) is 0 Å². The van der Waals surface area contributed by atoms with Gasteiger partial charge in [0.25, 0.3) is 0 Å². The topological polar surface area (TPSA) is 46.2 Å². The number of nitrogens with two attached hydrogens (primary N) is 1. The highest BCUT2D eigenvalue weighted by atomic mass is 16.3. The summed E-state index contributed by atoms with van der Waals surface area (Å²) in [4.78, 5) is 0. The first-order chi connectivity index (χ1) is 6.83. The van der Waals surface area contributed by atoms with Crippen LogP contribution in [0.25, 0.3) is 0 Å². The van der Waals surface area contributed by atoms with Gasteiger partial charge in [-0.1, -0.05) is 26.8 Å². The minimum absolute atomic E-state index is 0.105. The molecule has 2 nitrogen and oxygen atoms in total. The molecule has 0 atom stereocenters. The van der Waals surface area contributed by atoms with Crippen LogP contribution in [0, 0.1) is 0 Å². The van der Waals surface area contributed by atoms with Gasteiger partial charge in [-0.3, -0.25) is 0 Å². The molecule has 3 N–H and O–H groups in total. The summed E-state index contributed by atoms with van der Waals surface area (Å²) in [7, 11) is 0. The fourth-order valence-corrected chi connectivity index (χ4v) is 1.81. The highest BCUT2D eigenvalue weighted by Gasteiger charge is 2.42. The lowest BCUT2D eigenvalue weighted by atomic mass is 9.85. The maximum Gasteiger partial charge on any atom is 0.120 e. The Kier molecular flexibility index (Phi) is 2.09. The first-order valence-electron chi connectivity index (χ1n) is 5.46. The third kappa shape index (κ3) is 1.86. The average molecular weight is 205 g/mol. The van der Waals surface area contributed by atoms with E-state index in [1.165, 1.54) is 5.56 Å². The van der Waals surface area contributed by atoms with Crippen molar-refractivity contribution in [3.05, 3.63) is 29.3 Å². The van der Waals surface area contributed by atoms with Crippen molar-refractivity contribution in [2.75, 3.05) is 0 Å². The first kappa shape index (κ1) is 10.5. The maximum atomic E-state index is 9.80. The molecule has 0 unspecified atom stereocenters. The molecule has 2 rings (SSSR count). The van der Waals surface area contributed by atoms with Crippen LogP contribution >= 0.6 is 0 Å². The summed E-state index contributed by atoms with van der Waals surface area (Å²) in [5, 5.41) is 9.80. The Bertz CT molecular complexity index is 386. The van der Waals surface area contributed by atoms with Crippen molar-refractivity contribution in [3.8, 4) is 5.75 Å². The molecule has 0 amide bonds. The van der Waals surface area contributed by atoms with Crippen LogP contribution in [-0.4, -0.2) is 5.11 Å². The van der Waals surface area contributed by atoms with Crippen LogP contribution in [0.15, 0.2) is 18.2 Å². The Morgan fingerprint density at radius 3 is 2.33 bits per heavy atom. The molecule has 1 aromatic carbocycles. The van der Waals surface area contributed by atoms with Crippen LogP contribution in [0.4, 0.5) is 0 Å². The summed E-state index contributed by atoms with van der Waals surface area (Å²) in [5.74, 6) is 0.336. The number of rotatable bonds is 1. The van der Waals surface area contributed by atoms with Gasteiger partial charge in [-0.05, 0) is 36.0 Å². The second-order valence-corrected chi connectivity index (χ2v) is 5.64. The molecule has 0 radical (unpaired) electrons. The Labute approximate surface area is 91.1 Å². The van der Waals surface area contributed by atoms with E-state index in [0.29, 0.717) is 5.75 Å². The second-order valence-electron chi connectivity index (χ2n) is 5.64. The van der Waals surface area contributed by atoms with Crippen LogP contribution < -0.4 is 5.73 Å². The molecule has 1 saturated carbocycles. The van der Waals surface area contributed by atoms with Crippen molar-refractivity contribution >= 4 is 0 Å². The van der Waals surface area contributed by atoms with E-state index in [1.807, 2.05) is 6.07 Å². The largest absolute Gasteiger partial charge is 0.508 e. The van der Waals surface area contributed by atoms with Gasteiger partial charge in [0.2, 0.25) is 0 Å². The Morgan fingerprint density at radius 1 is 1.27 bits per heavy atom. The summed E-state index contributed by atoms with van der Waals surface area (Å²) in [5.41, 5.74) is 8.11. The summed E-state index contributed by atoms with van der Waals surface area (Å²) < 4.78 is 0. The molecule has 82 valence electrons. The highest BCUT2D eigenvalue weighted by molar-refractivity contribution is 5.45. The number of hydrogen-bond acceptors (Lipinski definition) is 2. The zero-order chi connectivity index (χ0) is 11.3.